The van der Waals surface area contributed by atoms with Crippen LogP contribution in [0.25, 0.3) is 0 Å². The fourth-order valence-electron chi connectivity index (χ4n) is 1.89. The first kappa shape index (κ1) is 16.3. The average molecular weight is 383 g/mol. The highest BCUT2D eigenvalue weighted by Gasteiger charge is 2.34. The predicted octanol–water partition coefficient (Wildman–Crippen LogP) is 5.31. The number of halogens is 6. The van der Waals surface area contributed by atoms with Crippen molar-refractivity contribution in [1.29, 1.82) is 0 Å². The van der Waals surface area contributed by atoms with Crippen LogP contribution in [-0.2, 0) is 6.18 Å². The minimum atomic E-state index is -4.73. The molecule has 0 heterocycles. The van der Waals surface area contributed by atoms with Crippen LogP contribution in [-0.4, -0.2) is 0 Å². The number of nitrogens with two attached hydrogens (primary N) is 1. The van der Waals surface area contributed by atoms with Crippen LogP contribution in [0.1, 0.15) is 22.7 Å². The van der Waals surface area contributed by atoms with Gasteiger partial charge in [0.2, 0.25) is 0 Å². The second-order valence-electron chi connectivity index (χ2n) is 4.38. The summed E-state index contributed by atoms with van der Waals surface area (Å²) in [4.78, 5) is 0. The SMILES string of the molecule is NC(c1ccc(C(F)(F)F)c(F)c1)c1cc(Cl)ccc1Br. The van der Waals surface area contributed by atoms with E-state index in [1.165, 1.54) is 0 Å². The van der Waals surface area contributed by atoms with E-state index in [0.29, 0.717) is 21.1 Å². The van der Waals surface area contributed by atoms with E-state index in [1.54, 1.807) is 18.2 Å². The average Bonchev–Trinajstić information content (AvgIpc) is 2.39. The van der Waals surface area contributed by atoms with Gasteiger partial charge >= 0.3 is 6.18 Å². The molecule has 2 aromatic carbocycles. The van der Waals surface area contributed by atoms with Crippen molar-refractivity contribution in [3.63, 3.8) is 0 Å². The quantitative estimate of drug-likeness (QED) is 0.700. The maximum absolute atomic E-state index is 13.6. The minimum Gasteiger partial charge on any atom is -0.320 e. The third-order valence-electron chi connectivity index (χ3n) is 2.95. The first-order valence-corrected chi connectivity index (χ1v) is 6.94. The summed E-state index contributed by atoms with van der Waals surface area (Å²) in [6, 6.07) is 6.71. The second kappa shape index (κ2) is 5.94. The third-order valence-corrected chi connectivity index (χ3v) is 3.91. The van der Waals surface area contributed by atoms with E-state index in [1.807, 2.05) is 0 Å². The zero-order valence-corrected chi connectivity index (χ0v) is 12.7. The van der Waals surface area contributed by atoms with Crippen molar-refractivity contribution in [1.82, 2.24) is 0 Å². The molecule has 7 heteroatoms. The topological polar surface area (TPSA) is 26.0 Å². The zero-order valence-electron chi connectivity index (χ0n) is 10.4. The molecule has 2 N–H and O–H groups in total. The van der Waals surface area contributed by atoms with Crippen LogP contribution in [0.3, 0.4) is 0 Å². The molecular weight excluding hydrogens is 374 g/mol. The summed E-state index contributed by atoms with van der Waals surface area (Å²) < 4.78 is 51.8. The van der Waals surface area contributed by atoms with Gasteiger partial charge in [-0.15, -0.1) is 0 Å². The molecule has 0 spiro atoms. The number of hydrogen-bond donors (Lipinski definition) is 1. The van der Waals surface area contributed by atoms with E-state index < -0.39 is 23.6 Å². The van der Waals surface area contributed by atoms with Crippen molar-refractivity contribution >= 4 is 27.5 Å². The molecule has 0 aliphatic rings. The molecule has 1 unspecified atom stereocenters. The Hall–Kier alpha value is -1.11. The molecule has 2 aromatic rings. The fourth-order valence-corrected chi connectivity index (χ4v) is 2.56. The molecular formula is C14H9BrClF4N. The van der Waals surface area contributed by atoms with Crippen molar-refractivity contribution in [2.45, 2.75) is 12.2 Å². The third kappa shape index (κ3) is 3.56. The van der Waals surface area contributed by atoms with Crippen LogP contribution in [0, 0.1) is 5.82 Å². The molecule has 112 valence electrons. The Labute approximate surface area is 131 Å². The lowest BCUT2D eigenvalue weighted by atomic mass is 9.98. The Bertz CT molecular complexity index is 673. The molecule has 1 nitrogen and oxygen atoms in total. The Morgan fingerprint density at radius 3 is 2.33 bits per heavy atom. The smallest absolute Gasteiger partial charge is 0.320 e. The molecule has 0 bridgehead atoms. The summed E-state index contributed by atoms with van der Waals surface area (Å²) in [7, 11) is 0. The van der Waals surface area contributed by atoms with Gasteiger partial charge in [-0.05, 0) is 41.5 Å². The molecule has 21 heavy (non-hydrogen) atoms. The summed E-state index contributed by atoms with van der Waals surface area (Å²) in [5.74, 6) is -1.35. The maximum atomic E-state index is 13.6. The Kier molecular flexibility index (Phi) is 4.60. The van der Waals surface area contributed by atoms with Crippen LogP contribution in [0.2, 0.25) is 5.02 Å². The van der Waals surface area contributed by atoms with Crippen molar-refractivity contribution < 1.29 is 17.6 Å². The van der Waals surface area contributed by atoms with E-state index in [0.717, 1.165) is 12.1 Å². The molecule has 0 aliphatic carbocycles. The second-order valence-corrected chi connectivity index (χ2v) is 5.67. The summed E-state index contributed by atoms with van der Waals surface area (Å²) >= 11 is 9.15. The molecule has 0 aliphatic heterocycles. The highest BCUT2D eigenvalue weighted by atomic mass is 79.9. The van der Waals surface area contributed by atoms with Gasteiger partial charge in [-0.3, -0.25) is 0 Å². The van der Waals surface area contributed by atoms with E-state index in [-0.39, 0.29) is 5.56 Å². The monoisotopic (exact) mass is 381 g/mol. The van der Waals surface area contributed by atoms with E-state index >= 15 is 0 Å². The summed E-state index contributed by atoms with van der Waals surface area (Å²) in [5, 5.41) is 0.427. The van der Waals surface area contributed by atoms with Gasteiger partial charge in [0.1, 0.15) is 5.82 Å². The standard InChI is InChI=1S/C14H9BrClF4N/c15-11-4-2-8(16)6-9(11)13(21)7-1-3-10(12(17)5-7)14(18,19)20/h1-6,13H,21H2. The van der Waals surface area contributed by atoms with Gasteiger partial charge < -0.3 is 5.73 Å². The number of hydrogen-bond acceptors (Lipinski definition) is 1. The molecule has 0 saturated carbocycles. The molecule has 0 amide bonds. The predicted molar refractivity (Wildman–Crippen MR) is 76.6 cm³/mol. The zero-order chi connectivity index (χ0) is 15.8. The number of benzene rings is 2. The van der Waals surface area contributed by atoms with Crippen molar-refractivity contribution in [3.8, 4) is 0 Å². The van der Waals surface area contributed by atoms with Crippen LogP contribution < -0.4 is 5.73 Å². The van der Waals surface area contributed by atoms with Gasteiger partial charge in [-0.25, -0.2) is 4.39 Å². The molecule has 0 fully saturated rings. The van der Waals surface area contributed by atoms with Gasteiger partial charge in [0.15, 0.2) is 0 Å². The Morgan fingerprint density at radius 1 is 1.10 bits per heavy atom. The van der Waals surface area contributed by atoms with Gasteiger partial charge in [0.05, 0.1) is 11.6 Å². The minimum absolute atomic E-state index is 0.225. The number of rotatable bonds is 2. The fraction of sp³-hybridized carbons (Fsp3) is 0.143. The Balaban J connectivity index is 2.43. The lowest BCUT2D eigenvalue weighted by Gasteiger charge is -2.16. The van der Waals surface area contributed by atoms with Crippen molar-refractivity contribution in [2.75, 3.05) is 0 Å². The largest absolute Gasteiger partial charge is 0.419 e. The molecule has 2 rings (SSSR count). The van der Waals surface area contributed by atoms with Crippen LogP contribution in [0.5, 0.6) is 0 Å². The summed E-state index contributed by atoms with van der Waals surface area (Å²) in [6.07, 6.45) is -4.73. The summed E-state index contributed by atoms with van der Waals surface area (Å²) in [6.45, 7) is 0. The van der Waals surface area contributed by atoms with E-state index in [4.69, 9.17) is 17.3 Å². The van der Waals surface area contributed by atoms with Crippen molar-refractivity contribution in [2.24, 2.45) is 5.73 Å². The molecule has 0 saturated heterocycles. The van der Waals surface area contributed by atoms with E-state index in [9.17, 15) is 17.6 Å². The Morgan fingerprint density at radius 2 is 1.76 bits per heavy atom. The van der Waals surface area contributed by atoms with Gasteiger partial charge in [-0.2, -0.15) is 13.2 Å². The van der Waals surface area contributed by atoms with Gasteiger partial charge in [0.25, 0.3) is 0 Å². The molecule has 0 radical (unpaired) electrons. The first-order valence-electron chi connectivity index (χ1n) is 5.77. The van der Waals surface area contributed by atoms with Crippen molar-refractivity contribution in [3.05, 3.63) is 68.4 Å². The highest BCUT2D eigenvalue weighted by molar-refractivity contribution is 9.10. The first-order chi connectivity index (χ1) is 9.70. The van der Waals surface area contributed by atoms with Crippen LogP contribution in [0.15, 0.2) is 40.9 Å². The van der Waals surface area contributed by atoms with E-state index in [2.05, 4.69) is 15.9 Å². The lowest BCUT2D eigenvalue weighted by molar-refractivity contribution is -0.140. The lowest BCUT2D eigenvalue weighted by Crippen LogP contribution is -2.15. The van der Waals surface area contributed by atoms with Crippen LogP contribution in [0.4, 0.5) is 17.6 Å². The van der Waals surface area contributed by atoms with Gasteiger partial charge in [-0.1, -0.05) is 33.6 Å². The summed E-state index contributed by atoms with van der Waals surface area (Å²) in [5.41, 5.74) is 5.44. The number of alkyl halides is 3. The highest BCUT2D eigenvalue weighted by Crippen LogP contribution is 2.34. The van der Waals surface area contributed by atoms with Crippen LogP contribution >= 0.6 is 27.5 Å². The molecule has 1 atom stereocenters. The van der Waals surface area contributed by atoms with Gasteiger partial charge in [0, 0.05) is 9.50 Å². The molecule has 0 aromatic heterocycles. The maximum Gasteiger partial charge on any atom is 0.419 e. The normalized spacial score (nSPS) is 13.3.